The lowest BCUT2D eigenvalue weighted by molar-refractivity contribution is -0.116. The third kappa shape index (κ3) is 2.62. The Kier molecular flexibility index (Phi) is 3.80. The Morgan fingerprint density at radius 3 is 2.46 bits per heavy atom. The van der Waals surface area contributed by atoms with E-state index < -0.39 is 40.0 Å². The highest BCUT2D eigenvalue weighted by molar-refractivity contribution is 7.90. The van der Waals surface area contributed by atoms with Gasteiger partial charge in [-0.05, 0) is 24.3 Å². The number of benzene rings is 2. The summed E-state index contributed by atoms with van der Waals surface area (Å²) >= 11 is 0. The van der Waals surface area contributed by atoms with Crippen molar-refractivity contribution in [2.75, 3.05) is 11.9 Å². The number of fused-ring (bicyclic) bond motifs is 1. The van der Waals surface area contributed by atoms with Crippen LogP contribution in [0.25, 0.3) is 0 Å². The SMILES string of the molecule is O=C(CN1C(=O)c2ccccc2S1(=O)=O)Nc1ccc(F)c(F)c1. The Labute approximate surface area is 135 Å². The smallest absolute Gasteiger partial charge is 0.269 e. The number of sulfonamides is 1. The molecule has 0 aliphatic carbocycles. The Morgan fingerprint density at radius 2 is 1.79 bits per heavy atom. The molecule has 124 valence electrons. The van der Waals surface area contributed by atoms with Gasteiger partial charge in [-0.15, -0.1) is 0 Å². The molecule has 2 amide bonds. The molecule has 1 aliphatic rings. The summed E-state index contributed by atoms with van der Waals surface area (Å²) in [7, 11) is -4.11. The van der Waals surface area contributed by atoms with E-state index in [0.717, 1.165) is 18.2 Å². The first-order valence-electron chi connectivity index (χ1n) is 6.72. The largest absolute Gasteiger partial charge is 0.324 e. The zero-order valence-corrected chi connectivity index (χ0v) is 12.8. The second-order valence-electron chi connectivity index (χ2n) is 4.99. The molecule has 3 rings (SSSR count). The van der Waals surface area contributed by atoms with Crippen LogP contribution >= 0.6 is 0 Å². The summed E-state index contributed by atoms with van der Waals surface area (Å²) in [4.78, 5) is 23.9. The Morgan fingerprint density at radius 1 is 1.08 bits per heavy atom. The lowest BCUT2D eigenvalue weighted by atomic mass is 10.2. The first-order valence-corrected chi connectivity index (χ1v) is 8.16. The molecule has 0 saturated carbocycles. The minimum atomic E-state index is -4.11. The predicted octanol–water partition coefficient (Wildman–Crippen LogP) is 1.75. The topological polar surface area (TPSA) is 83.6 Å². The number of nitrogens with zero attached hydrogens (tertiary/aromatic N) is 1. The normalized spacial score (nSPS) is 15.2. The molecule has 2 aromatic rings. The molecule has 0 fully saturated rings. The maximum absolute atomic E-state index is 13.1. The number of carbonyl (C=O) groups is 2. The summed E-state index contributed by atoms with van der Waals surface area (Å²) in [6, 6.07) is 8.29. The average Bonchev–Trinajstić information content (AvgIpc) is 2.73. The number of rotatable bonds is 3. The average molecular weight is 352 g/mol. The first-order chi connectivity index (χ1) is 11.3. The molecule has 0 bridgehead atoms. The molecule has 1 N–H and O–H groups in total. The molecule has 1 aliphatic heterocycles. The fraction of sp³-hybridized carbons (Fsp3) is 0.0667. The van der Waals surface area contributed by atoms with Crippen LogP contribution in [0.2, 0.25) is 0 Å². The van der Waals surface area contributed by atoms with Crippen molar-refractivity contribution in [1.82, 2.24) is 4.31 Å². The number of hydrogen-bond donors (Lipinski definition) is 1. The van der Waals surface area contributed by atoms with Gasteiger partial charge in [0.05, 0.1) is 5.56 Å². The van der Waals surface area contributed by atoms with E-state index in [2.05, 4.69) is 5.32 Å². The Hall–Kier alpha value is -2.81. The van der Waals surface area contributed by atoms with Crippen LogP contribution in [0, 0.1) is 11.6 Å². The van der Waals surface area contributed by atoms with Gasteiger partial charge in [-0.25, -0.2) is 21.5 Å². The molecular weight excluding hydrogens is 342 g/mol. The highest BCUT2D eigenvalue weighted by Crippen LogP contribution is 2.29. The number of hydrogen-bond acceptors (Lipinski definition) is 4. The van der Waals surface area contributed by atoms with Gasteiger partial charge in [0, 0.05) is 11.8 Å². The first kappa shape index (κ1) is 16.1. The van der Waals surface area contributed by atoms with Crippen molar-refractivity contribution in [2.24, 2.45) is 0 Å². The van der Waals surface area contributed by atoms with Crippen molar-refractivity contribution in [3.8, 4) is 0 Å². The van der Waals surface area contributed by atoms with Gasteiger partial charge in [0.15, 0.2) is 11.6 Å². The van der Waals surface area contributed by atoms with Gasteiger partial charge in [0.2, 0.25) is 5.91 Å². The summed E-state index contributed by atoms with van der Waals surface area (Å²) in [6.07, 6.45) is 0. The van der Waals surface area contributed by atoms with Crippen LogP contribution in [-0.2, 0) is 14.8 Å². The molecule has 0 atom stereocenters. The van der Waals surface area contributed by atoms with Gasteiger partial charge < -0.3 is 5.32 Å². The fourth-order valence-corrected chi connectivity index (χ4v) is 3.82. The molecule has 6 nitrogen and oxygen atoms in total. The van der Waals surface area contributed by atoms with E-state index in [9.17, 15) is 26.8 Å². The van der Waals surface area contributed by atoms with Gasteiger partial charge >= 0.3 is 0 Å². The highest BCUT2D eigenvalue weighted by atomic mass is 32.2. The fourth-order valence-electron chi connectivity index (χ4n) is 2.29. The predicted molar refractivity (Wildman–Crippen MR) is 79.7 cm³/mol. The molecule has 24 heavy (non-hydrogen) atoms. The summed E-state index contributed by atoms with van der Waals surface area (Å²) in [6.45, 7) is -0.769. The van der Waals surface area contributed by atoms with Crippen molar-refractivity contribution in [3.63, 3.8) is 0 Å². The van der Waals surface area contributed by atoms with Crippen LogP contribution in [0.1, 0.15) is 10.4 Å². The highest BCUT2D eigenvalue weighted by Gasteiger charge is 2.41. The molecular formula is C15H10F2N2O4S. The van der Waals surface area contributed by atoms with Gasteiger partial charge in [-0.1, -0.05) is 12.1 Å². The van der Waals surface area contributed by atoms with Crippen molar-refractivity contribution in [1.29, 1.82) is 0 Å². The van der Waals surface area contributed by atoms with E-state index >= 15 is 0 Å². The van der Waals surface area contributed by atoms with Crippen LogP contribution < -0.4 is 5.32 Å². The summed E-state index contributed by atoms with van der Waals surface area (Å²) in [5, 5.41) is 2.22. The van der Waals surface area contributed by atoms with E-state index in [1.54, 1.807) is 0 Å². The Bertz CT molecular complexity index is 960. The minimum Gasteiger partial charge on any atom is -0.324 e. The summed E-state index contributed by atoms with van der Waals surface area (Å²) in [5.74, 6) is -3.91. The number of amides is 2. The van der Waals surface area contributed by atoms with Crippen molar-refractivity contribution >= 4 is 27.5 Å². The van der Waals surface area contributed by atoms with Gasteiger partial charge in [0.1, 0.15) is 11.4 Å². The number of carbonyl (C=O) groups excluding carboxylic acids is 2. The zero-order valence-electron chi connectivity index (χ0n) is 12.0. The summed E-state index contributed by atoms with van der Waals surface area (Å²) in [5.41, 5.74) is -0.0708. The van der Waals surface area contributed by atoms with Crippen molar-refractivity contribution in [2.45, 2.75) is 4.90 Å². The lowest BCUT2D eigenvalue weighted by Crippen LogP contribution is -2.37. The quantitative estimate of drug-likeness (QED) is 0.912. The number of nitrogens with one attached hydrogen (secondary N) is 1. The second-order valence-corrected chi connectivity index (χ2v) is 6.82. The molecule has 9 heteroatoms. The van der Waals surface area contributed by atoms with E-state index in [1.807, 2.05) is 0 Å². The van der Waals surface area contributed by atoms with Crippen LogP contribution in [0.15, 0.2) is 47.4 Å². The monoisotopic (exact) mass is 352 g/mol. The maximum Gasteiger partial charge on any atom is 0.269 e. The standard InChI is InChI=1S/C15H10F2N2O4S/c16-11-6-5-9(7-12(11)17)18-14(20)8-19-15(21)10-3-1-2-4-13(10)24(19,22)23/h1-7H,8H2,(H,18,20). The molecule has 0 spiro atoms. The van der Waals surface area contributed by atoms with Crippen molar-refractivity contribution < 1.29 is 26.8 Å². The van der Waals surface area contributed by atoms with Crippen LogP contribution in [-0.4, -0.2) is 31.1 Å². The van der Waals surface area contributed by atoms with E-state index in [4.69, 9.17) is 0 Å². The number of anilines is 1. The van der Waals surface area contributed by atoms with Crippen LogP contribution in [0.3, 0.4) is 0 Å². The number of halogens is 2. The van der Waals surface area contributed by atoms with Crippen LogP contribution in [0.5, 0.6) is 0 Å². The zero-order chi connectivity index (χ0) is 17.5. The van der Waals surface area contributed by atoms with Gasteiger partial charge in [-0.2, -0.15) is 0 Å². The van der Waals surface area contributed by atoms with Crippen molar-refractivity contribution in [3.05, 3.63) is 59.7 Å². The lowest BCUT2D eigenvalue weighted by Gasteiger charge is -2.14. The van der Waals surface area contributed by atoms with Gasteiger partial charge in [-0.3, -0.25) is 9.59 Å². The molecule has 0 aromatic heterocycles. The third-order valence-electron chi connectivity index (χ3n) is 3.40. The summed E-state index contributed by atoms with van der Waals surface area (Å²) < 4.78 is 51.0. The van der Waals surface area contributed by atoms with E-state index in [0.29, 0.717) is 4.31 Å². The minimum absolute atomic E-state index is 0.0156. The van der Waals surface area contributed by atoms with Gasteiger partial charge in [0.25, 0.3) is 15.9 Å². The molecule has 0 radical (unpaired) electrons. The van der Waals surface area contributed by atoms with E-state index in [1.165, 1.54) is 24.3 Å². The molecule has 2 aromatic carbocycles. The Balaban J connectivity index is 1.80. The van der Waals surface area contributed by atoms with Crippen LogP contribution in [0.4, 0.5) is 14.5 Å². The van der Waals surface area contributed by atoms with E-state index in [-0.39, 0.29) is 16.1 Å². The molecule has 1 heterocycles. The maximum atomic E-state index is 13.1. The third-order valence-corrected chi connectivity index (χ3v) is 5.19. The second kappa shape index (κ2) is 5.68. The molecule has 0 unspecified atom stereocenters. The molecule has 0 saturated heterocycles.